The predicted octanol–water partition coefficient (Wildman–Crippen LogP) is 3.71. The fourth-order valence-corrected chi connectivity index (χ4v) is 1.75. The summed E-state index contributed by atoms with van der Waals surface area (Å²) in [6.45, 7) is 7.01. The second-order valence-electron chi connectivity index (χ2n) is 4.50. The lowest BCUT2D eigenvalue weighted by molar-refractivity contribution is 0.457. The van der Waals surface area contributed by atoms with Crippen molar-refractivity contribution in [2.45, 2.75) is 27.2 Å². The Hall–Kier alpha value is -2.10. The largest absolute Gasteiger partial charge is 0.439 e. The molecule has 0 bridgehead atoms. The number of rotatable bonds is 5. The van der Waals surface area contributed by atoms with E-state index in [4.69, 9.17) is 4.74 Å². The zero-order valence-electron chi connectivity index (χ0n) is 11.6. The highest BCUT2D eigenvalue weighted by atomic mass is 16.5. The Morgan fingerprint density at radius 3 is 2.79 bits per heavy atom. The molecule has 0 radical (unpaired) electrons. The SMILES string of the molecule is CCCNc1ncnc(Oc2cccc(C)c2)c1C. The van der Waals surface area contributed by atoms with Crippen LogP contribution in [0.1, 0.15) is 24.5 Å². The van der Waals surface area contributed by atoms with Gasteiger partial charge in [0.15, 0.2) is 0 Å². The fraction of sp³-hybridized carbons (Fsp3) is 0.333. The average Bonchev–Trinajstić information content (AvgIpc) is 2.40. The summed E-state index contributed by atoms with van der Waals surface area (Å²) in [4.78, 5) is 8.43. The number of hydrogen-bond acceptors (Lipinski definition) is 4. The Kier molecular flexibility index (Phi) is 4.34. The van der Waals surface area contributed by atoms with E-state index in [-0.39, 0.29) is 0 Å². The zero-order valence-corrected chi connectivity index (χ0v) is 11.6. The van der Waals surface area contributed by atoms with Gasteiger partial charge in [-0.15, -0.1) is 0 Å². The van der Waals surface area contributed by atoms with Crippen molar-refractivity contribution in [1.82, 2.24) is 9.97 Å². The molecule has 2 rings (SSSR count). The molecule has 0 atom stereocenters. The number of ether oxygens (including phenoxy) is 1. The van der Waals surface area contributed by atoms with Gasteiger partial charge in [-0.3, -0.25) is 0 Å². The second kappa shape index (κ2) is 6.18. The molecular weight excluding hydrogens is 238 g/mol. The van der Waals surface area contributed by atoms with Crippen molar-refractivity contribution in [2.24, 2.45) is 0 Å². The molecular formula is C15H19N3O. The predicted molar refractivity (Wildman–Crippen MR) is 76.8 cm³/mol. The van der Waals surface area contributed by atoms with E-state index in [1.807, 2.05) is 38.1 Å². The van der Waals surface area contributed by atoms with E-state index in [9.17, 15) is 0 Å². The molecule has 0 aliphatic carbocycles. The van der Waals surface area contributed by atoms with Crippen LogP contribution in [-0.2, 0) is 0 Å². The molecule has 1 aromatic heterocycles. The van der Waals surface area contributed by atoms with Gasteiger partial charge in [0.05, 0.1) is 5.56 Å². The Morgan fingerprint density at radius 2 is 2.05 bits per heavy atom. The van der Waals surface area contributed by atoms with Gasteiger partial charge in [0.2, 0.25) is 5.88 Å². The molecule has 1 N–H and O–H groups in total. The first kappa shape index (κ1) is 13.3. The molecule has 0 saturated heterocycles. The maximum atomic E-state index is 5.82. The minimum atomic E-state index is 0.596. The number of nitrogens with one attached hydrogen (secondary N) is 1. The number of aromatic nitrogens is 2. The normalized spacial score (nSPS) is 10.3. The summed E-state index contributed by atoms with van der Waals surface area (Å²) >= 11 is 0. The van der Waals surface area contributed by atoms with Crippen LogP contribution in [-0.4, -0.2) is 16.5 Å². The van der Waals surface area contributed by atoms with Crippen LogP contribution in [0.4, 0.5) is 5.82 Å². The van der Waals surface area contributed by atoms with E-state index < -0.39 is 0 Å². The molecule has 0 amide bonds. The topological polar surface area (TPSA) is 47.0 Å². The van der Waals surface area contributed by atoms with Crippen molar-refractivity contribution in [3.05, 3.63) is 41.7 Å². The van der Waals surface area contributed by atoms with Gasteiger partial charge >= 0.3 is 0 Å². The first-order chi connectivity index (χ1) is 9.20. The van der Waals surface area contributed by atoms with Crippen LogP contribution < -0.4 is 10.1 Å². The fourth-order valence-electron chi connectivity index (χ4n) is 1.75. The van der Waals surface area contributed by atoms with Crippen LogP contribution in [0.25, 0.3) is 0 Å². The van der Waals surface area contributed by atoms with Crippen molar-refractivity contribution >= 4 is 5.82 Å². The zero-order chi connectivity index (χ0) is 13.7. The lowest BCUT2D eigenvalue weighted by Crippen LogP contribution is -2.05. The summed E-state index contributed by atoms with van der Waals surface area (Å²) in [5.74, 6) is 2.22. The van der Waals surface area contributed by atoms with Gasteiger partial charge in [0.1, 0.15) is 17.9 Å². The molecule has 100 valence electrons. The molecule has 1 heterocycles. The number of benzene rings is 1. The Bertz CT molecular complexity index is 555. The highest BCUT2D eigenvalue weighted by Crippen LogP contribution is 2.26. The summed E-state index contributed by atoms with van der Waals surface area (Å²) in [5, 5.41) is 3.27. The number of nitrogens with zero attached hydrogens (tertiary/aromatic N) is 2. The highest BCUT2D eigenvalue weighted by Gasteiger charge is 2.08. The van der Waals surface area contributed by atoms with E-state index >= 15 is 0 Å². The molecule has 0 aliphatic heterocycles. The van der Waals surface area contributed by atoms with Crippen molar-refractivity contribution in [2.75, 3.05) is 11.9 Å². The average molecular weight is 257 g/mol. The first-order valence-electron chi connectivity index (χ1n) is 6.50. The van der Waals surface area contributed by atoms with Crippen LogP contribution in [0.5, 0.6) is 11.6 Å². The van der Waals surface area contributed by atoms with Crippen LogP contribution in [0.2, 0.25) is 0 Å². The molecule has 0 unspecified atom stereocenters. The van der Waals surface area contributed by atoms with Crippen molar-refractivity contribution < 1.29 is 4.74 Å². The Labute approximate surface area is 113 Å². The van der Waals surface area contributed by atoms with Crippen molar-refractivity contribution in [3.63, 3.8) is 0 Å². The minimum Gasteiger partial charge on any atom is -0.439 e. The van der Waals surface area contributed by atoms with Gasteiger partial charge in [-0.05, 0) is 38.0 Å². The lowest BCUT2D eigenvalue weighted by atomic mass is 10.2. The minimum absolute atomic E-state index is 0.596. The van der Waals surface area contributed by atoms with Gasteiger partial charge in [-0.1, -0.05) is 19.1 Å². The molecule has 0 aliphatic rings. The standard InChI is InChI=1S/C15H19N3O/c1-4-8-16-14-12(3)15(18-10-17-14)19-13-7-5-6-11(2)9-13/h5-7,9-10H,4,8H2,1-3H3,(H,16,17,18). The van der Waals surface area contributed by atoms with Gasteiger partial charge < -0.3 is 10.1 Å². The highest BCUT2D eigenvalue weighted by molar-refractivity contribution is 5.48. The molecule has 0 spiro atoms. The van der Waals surface area contributed by atoms with Crippen LogP contribution in [0.3, 0.4) is 0 Å². The van der Waals surface area contributed by atoms with E-state index in [1.165, 1.54) is 6.33 Å². The van der Waals surface area contributed by atoms with Gasteiger partial charge in [0, 0.05) is 6.54 Å². The summed E-state index contributed by atoms with van der Waals surface area (Å²) in [5.41, 5.74) is 2.09. The third kappa shape index (κ3) is 3.44. The molecule has 2 aromatic rings. The summed E-state index contributed by atoms with van der Waals surface area (Å²) in [6, 6.07) is 7.92. The van der Waals surface area contributed by atoms with E-state index in [0.29, 0.717) is 5.88 Å². The monoisotopic (exact) mass is 257 g/mol. The van der Waals surface area contributed by atoms with Gasteiger partial charge in [-0.2, -0.15) is 0 Å². The number of aryl methyl sites for hydroxylation is 1. The van der Waals surface area contributed by atoms with Crippen LogP contribution in [0, 0.1) is 13.8 Å². The Morgan fingerprint density at radius 1 is 1.21 bits per heavy atom. The maximum absolute atomic E-state index is 5.82. The van der Waals surface area contributed by atoms with Crippen molar-refractivity contribution in [1.29, 1.82) is 0 Å². The molecule has 4 nitrogen and oxygen atoms in total. The van der Waals surface area contributed by atoms with Crippen molar-refractivity contribution in [3.8, 4) is 11.6 Å². The first-order valence-corrected chi connectivity index (χ1v) is 6.50. The Balaban J connectivity index is 2.20. The summed E-state index contributed by atoms with van der Waals surface area (Å²) in [7, 11) is 0. The molecule has 0 saturated carbocycles. The third-order valence-corrected chi connectivity index (χ3v) is 2.78. The van der Waals surface area contributed by atoms with E-state index in [2.05, 4.69) is 22.2 Å². The summed E-state index contributed by atoms with van der Waals surface area (Å²) in [6.07, 6.45) is 2.58. The van der Waals surface area contributed by atoms with Crippen LogP contribution in [0.15, 0.2) is 30.6 Å². The lowest BCUT2D eigenvalue weighted by Gasteiger charge is -2.11. The van der Waals surface area contributed by atoms with E-state index in [0.717, 1.165) is 35.7 Å². The molecule has 1 aromatic carbocycles. The summed E-state index contributed by atoms with van der Waals surface area (Å²) < 4.78 is 5.82. The van der Waals surface area contributed by atoms with Gasteiger partial charge in [-0.25, -0.2) is 9.97 Å². The van der Waals surface area contributed by atoms with Gasteiger partial charge in [0.25, 0.3) is 0 Å². The second-order valence-corrected chi connectivity index (χ2v) is 4.50. The maximum Gasteiger partial charge on any atom is 0.227 e. The number of hydrogen-bond donors (Lipinski definition) is 1. The number of anilines is 1. The smallest absolute Gasteiger partial charge is 0.227 e. The van der Waals surface area contributed by atoms with E-state index in [1.54, 1.807) is 0 Å². The molecule has 19 heavy (non-hydrogen) atoms. The third-order valence-electron chi connectivity index (χ3n) is 2.78. The quantitative estimate of drug-likeness (QED) is 0.887. The van der Waals surface area contributed by atoms with Crippen LogP contribution >= 0.6 is 0 Å². The molecule has 0 fully saturated rings. The molecule has 4 heteroatoms.